The van der Waals surface area contributed by atoms with Crippen molar-refractivity contribution in [2.45, 2.75) is 65.0 Å². The molecule has 0 saturated carbocycles. The molecule has 2 atom stereocenters. The number of hydrogen-bond acceptors (Lipinski definition) is 4. The number of benzene rings is 2. The van der Waals surface area contributed by atoms with Crippen LogP contribution in [0.3, 0.4) is 0 Å². The molecule has 2 aromatic heterocycles. The van der Waals surface area contributed by atoms with Crippen molar-refractivity contribution in [2.24, 2.45) is 5.92 Å². The molecule has 0 aliphatic heterocycles. The lowest BCUT2D eigenvalue weighted by Crippen LogP contribution is -2.53. The first kappa shape index (κ1) is 28.9. The number of rotatable bonds is 8. The molecule has 7 nitrogen and oxygen atoms in total. The molecular formula is C30H31F3N4O3. The molecule has 0 fully saturated rings. The summed E-state index contributed by atoms with van der Waals surface area (Å²) in [5.74, 6) is -1.76. The van der Waals surface area contributed by atoms with Crippen LogP contribution in [0.4, 0.5) is 13.2 Å². The van der Waals surface area contributed by atoms with Gasteiger partial charge in [-0.1, -0.05) is 70.2 Å². The van der Waals surface area contributed by atoms with Crippen LogP contribution in [-0.2, 0) is 17.9 Å². The fourth-order valence-electron chi connectivity index (χ4n) is 5.13. The minimum Gasteiger partial charge on any atom is -0.382 e. The first-order valence-electron chi connectivity index (χ1n) is 13.0. The lowest BCUT2D eigenvalue weighted by atomic mass is 9.98. The highest BCUT2D eigenvalue weighted by atomic mass is 19.4. The van der Waals surface area contributed by atoms with Crippen molar-refractivity contribution in [3.8, 4) is 6.07 Å². The first-order chi connectivity index (χ1) is 18.8. The Balaban J connectivity index is 1.90. The molecule has 0 spiro atoms. The zero-order valence-electron chi connectivity index (χ0n) is 22.7. The second-order valence-corrected chi connectivity index (χ2v) is 10.6. The largest absolute Gasteiger partial charge is 0.416 e. The number of fused-ring (bicyclic) bond motifs is 3. The molecular weight excluding hydrogens is 521 g/mol. The zero-order valence-corrected chi connectivity index (χ0v) is 22.7. The molecule has 0 radical (unpaired) electrons. The first-order valence-corrected chi connectivity index (χ1v) is 13.0. The Bertz CT molecular complexity index is 1650. The Morgan fingerprint density at radius 2 is 1.68 bits per heavy atom. The number of nitrogens with one attached hydrogen (secondary N) is 1. The maximum absolute atomic E-state index is 14.1. The third-order valence-corrected chi connectivity index (χ3v) is 7.09. The van der Waals surface area contributed by atoms with Gasteiger partial charge in [-0.3, -0.25) is 9.59 Å². The molecule has 40 heavy (non-hydrogen) atoms. The Kier molecular flexibility index (Phi) is 8.08. The number of hydrogen-bond donors (Lipinski definition) is 2. The van der Waals surface area contributed by atoms with Gasteiger partial charge in [-0.25, -0.2) is 0 Å². The Morgan fingerprint density at radius 1 is 1.00 bits per heavy atom. The maximum atomic E-state index is 14.1. The Hall–Kier alpha value is -4.10. The highest BCUT2D eigenvalue weighted by Crippen LogP contribution is 2.32. The van der Waals surface area contributed by atoms with E-state index in [0.717, 1.165) is 5.56 Å². The van der Waals surface area contributed by atoms with Crippen LogP contribution in [0, 0.1) is 17.2 Å². The van der Waals surface area contributed by atoms with E-state index < -0.39 is 42.3 Å². The number of pyridine rings is 1. The summed E-state index contributed by atoms with van der Waals surface area (Å²) in [6.07, 6.45) is -7.67. The SMILES string of the molecule is CC(C)c1cc2c3cccc(C#N)c3n(Cc3ccccc3)c2c(=O)n1CC(=O)NC(C(C)C)C(O)C(F)(F)F. The van der Waals surface area contributed by atoms with Gasteiger partial charge in [-0.05, 0) is 29.5 Å². The summed E-state index contributed by atoms with van der Waals surface area (Å²) in [7, 11) is 0. The summed E-state index contributed by atoms with van der Waals surface area (Å²) < 4.78 is 42.8. The Morgan fingerprint density at radius 3 is 2.25 bits per heavy atom. The van der Waals surface area contributed by atoms with Crippen molar-refractivity contribution in [2.75, 3.05) is 0 Å². The van der Waals surface area contributed by atoms with Gasteiger partial charge in [-0.2, -0.15) is 18.4 Å². The third kappa shape index (κ3) is 5.47. The number of nitrogens with zero attached hydrogens (tertiary/aromatic N) is 3. The number of amides is 1. The average molecular weight is 553 g/mol. The van der Waals surface area contributed by atoms with Crippen molar-refractivity contribution >= 4 is 27.7 Å². The van der Waals surface area contributed by atoms with Crippen molar-refractivity contribution in [1.29, 1.82) is 5.26 Å². The summed E-state index contributed by atoms with van der Waals surface area (Å²) >= 11 is 0. The van der Waals surface area contributed by atoms with E-state index >= 15 is 0 Å². The monoisotopic (exact) mass is 552 g/mol. The van der Waals surface area contributed by atoms with Gasteiger partial charge in [0, 0.05) is 23.0 Å². The molecule has 0 saturated heterocycles. The van der Waals surface area contributed by atoms with Gasteiger partial charge in [0.2, 0.25) is 5.91 Å². The van der Waals surface area contributed by atoms with Crippen LogP contribution in [-0.4, -0.2) is 38.5 Å². The van der Waals surface area contributed by atoms with Gasteiger partial charge in [0.25, 0.3) is 5.56 Å². The van der Waals surface area contributed by atoms with Gasteiger partial charge in [0.15, 0.2) is 6.10 Å². The average Bonchev–Trinajstić information content (AvgIpc) is 3.21. The van der Waals surface area contributed by atoms with E-state index in [-0.39, 0.29) is 18.0 Å². The van der Waals surface area contributed by atoms with Gasteiger partial charge >= 0.3 is 6.18 Å². The standard InChI is InChI=1S/C30H31F3N4O3/c1-17(2)23-13-22-21-12-8-11-20(14-34)26(21)37(15-19-9-6-5-7-10-19)27(22)29(40)36(23)16-24(38)35-25(18(3)4)28(39)30(31,32)33/h5-13,17-18,25,28,39H,15-16H2,1-4H3,(H,35,38). The van der Waals surface area contributed by atoms with Crippen LogP contribution in [0.1, 0.15) is 50.4 Å². The number of nitriles is 1. The topological polar surface area (TPSA) is 100 Å². The summed E-state index contributed by atoms with van der Waals surface area (Å²) in [5.41, 5.74) is 2.18. The fraction of sp³-hybridized carbons (Fsp3) is 0.367. The summed E-state index contributed by atoms with van der Waals surface area (Å²) in [6, 6.07) is 17.1. The molecule has 210 valence electrons. The molecule has 10 heteroatoms. The number of aromatic nitrogens is 2. The minimum absolute atomic E-state index is 0.210. The molecule has 4 rings (SSSR count). The van der Waals surface area contributed by atoms with E-state index in [4.69, 9.17) is 0 Å². The lowest BCUT2D eigenvalue weighted by Gasteiger charge is -2.29. The van der Waals surface area contributed by atoms with E-state index in [1.165, 1.54) is 18.4 Å². The highest BCUT2D eigenvalue weighted by Gasteiger charge is 2.45. The number of carbonyl (C=O) groups is 1. The summed E-state index contributed by atoms with van der Waals surface area (Å²) in [4.78, 5) is 27.2. The zero-order chi connectivity index (χ0) is 29.4. The van der Waals surface area contributed by atoms with Gasteiger partial charge < -0.3 is 19.6 Å². The van der Waals surface area contributed by atoms with Gasteiger partial charge in [0.05, 0.1) is 17.1 Å². The van der Waals surface area contributed by atoms with E-state index in [1.807, 2.05) is 56.3 Å². The number of aliphatic hydroxyl groups is 1. The molecule has 0 aliphatic rings. The lowest BCUT2D eigenvalue weighted by molar-refractivity contribution is -0.215. The Labute approximate surface area is 229 Å². The molecule has 2 heterocycles. The number of aliphatic hydroxyl groups excluding tert-OH is 1. The van der Waals surface area contributed by atoms with Crippen LogP contribution >= 0.6 is 0 Å². The van der Waals surface area contributed by atoms with E-state index in [2.05, 4.69) is 11.4 Å². The minimum atomic E-state index is -4.92. The number of para-hydroxylation sites is 1. The van der Waals surface area contributed by atoms with Crippen molar-refractivity contribution in [3.05, 3.63) is 81.8 Å². The summed E-state index contributed by atoms with van der Waals surface area (Å²) in [6.45, 7) is 6.38. The molecule has 2 unspecified atom stereocenters. The summed E-state index contributed by atoms with van der Waals surface area (Å²) in [5, 5.41) is 23.3. The van der Waals surface area contributed by atoms with E-state index in [9.17, 15) is 33.1 Å². The van der Waals surface area contributed by atoms with E-state index in [1.54, 1.807) is 16.7 Å². The van der Waals surface area contributed by atoms with Crippen LogP contribution in [0.15, 0.2) is 59.4 Å². The molecule has 2 N–H and O–H groups in total. The third-order valence-electron chi connectivity index (χ3n) is 7.09. The predicted octanol–water partition coefficient (Wildman–Crippen LogP) is 5.06. The van der Waals surface area contributed by atoms with Crippen LogP contribution in [0.2, 0.25) is 0 Å². The van der Waals surface area contributed by atoms with Crippen LogP contribution in [0.25, 0.3) is 21.8 Å². The fourth-order valence-corrected chi connectivity index (χ4v) is 5.13. The maximum Gasteiger partial charge on any atom is 0.416 e. The molecule has 0 aliphatic carbocycles. The number of halogens is 3. The second-order valence-electron chi connectivity index (χ2n) is 10.6. The van der Waals surface area contributed by atoms with Gasteiger partial charge in [-0.15, -0.1) is 0 Å². The second kappa shape index (κ2) is 11.2. The van der Waals surface area contributed by atoms with Crippen molar-refractivity contribution in [3.63, 3.8) is 0 Å². The quantitative estimate of drug-likeness (QED) is 0.319. The normalized spacial score (nSPS) is 13.6. The molecule has 0 bridgehead atoms. The molecule has 4 aromatic rings. The van der Waals surface area contributed by atoms with Gasteiger partial charge in [0.1, 0.15) is 18.1 Å². The van der Waals surface area contributed by atoms with E-state index in [0.29, 0.717) is 27.5 Å². The van der Waals surface area contributed by atoms with Crippen molar-refractivity contribution in [1.82, 2.24) is 14.5 Å². The van der Waals surface area contributed by atoms with Crippen molar-refractivity contribution < 1.29 is 23.1 Å². The number of carbonyl (C=O) groups excluding carboxylic acids is 1. The molecule has 1 amide bonds. The van der Waals surface area contributed by atoms with Crippen LogP contribution in [0.5, 0.6) is 0 Å². The smallest absolute Gasteiger partial charge is 0.382 e. The van der Waals surface area contributed by atoms with Crippen LogP contribution < -0.4 is 10.9 Å². The predicted molar refractivity (Wildman–Crippen MR) is 147 cm³/mol. The number of alkyl halides is 3. The molecule has 2 aromatic carbocycles. The highest BCUT2D eigenvalue weighted by molar-refractivity contribution is 6.09.